The number of para-hydroxylation sites is 1. The zero-order chi connectivity index (χ0) is 14.8. The summed E-state index contributed by atoms with van der Waals surface area (Å²) < 4.78 is 16.8. The topological polar surface area (TPSA) is 62.3 Å². The number of hydrogen-bond acceptors (Lipinski definition) is 2. The van der Waals surface area contributed by atoms with Gasteiger partial charge < -0.3 is 14.4 Å². The molecule has 0 aliphatic carbocycles. The second kappa shape index (κ2) is 5.70. The number of likely N-dealkylation sites (N-methyl/N-ethyl adjacent to an activating group) is 1. The number of nitrogens with zero attached hydrogens (tertiary/aromatic N) is 1. The number of nitrogens with one attached hydrogen (secondary N) is 1. The quantitative estimate of drug-likeness (QED) is 0.489. The van der Waals surface area contributed by atoms with Crippen molar-refractivity contribution in [3.8, 4) is 0 Å². The minimum absolute atomic E-state index is 0.229. The molecule has 0 saturated heterocycles. The van der Waals surface area contributed by atoms with Crippen molar-refractivity contribution in [3.05, 3.63) is 36.0 Å². The van der Waals surface area contributed by atoms with Crippen LogP contribution in [0.2, 0.25) is 0 Å². The predicted octanol–water partition coefficient (Wildman–Crippen LogP) is 2.58. The van der Waals surface area contributed by atoms with E-state index in [0.29, 0.717) is 4.48 Å². The highest BCUT2D eigenvalue weighted by atomic mass is 31.2. The number of aromatic amines is 1. The van der Waals surface area contributed by atoms with Crippen LogP contribution in [0.15, 0.2) is 30.5 Å². The Morgan fingerprint density at radius 1 is 1.35 bits per heavy atom. The Morgan fingerprint density at radius 2 is 2.05 bits per heavy atom. The highest BCUT2D eigenvalue weighted by molar-refractivity contribution is 7.51. The van der Waals surface area contributed by atoms with Crippen LogP contribution in [0.5, 0.6) is 0 Å². The van der Waals surface area contributed by atoms with Gasteiger partial charge in [-0.25, -0.2) is 0 Å². The molecule has 0 spiro atoms. The SMILES string of the molecule is C[N+](C)(CCc1c[nH]c2ccccc12)COP(C)(=O)O. The highest BCUT2D eigenvalue weighted by Gasteiger charge is 2.21. The van der Waals surface area contributed by atoms with E-state index in [9.17, 15) is 9.46 Å². The largest absolute Gasteiger partial charge is 0.361 e. The zero-order valence-electron chi connectivity index (χ0n) is 12.2. The van der Waals surface area contributed by atoms with E-state index in [2.05, 4.69) is 17.1 Å². The summed E-state index contributed by atoms with van der Waals surface area (Å²) in [7, 11) is 0.574. The molecule has 0 aliphatic rings. The maximum atomic E-state index is 11.2. The molecule has 1 aromatic heterocycles. The second-order valence-electron chi connectivity index (χ2n) is 5.83. The lowest BCUT2D eigenvalue weighted by molar-refractivity contribution is -0.905. The van der Waals surface area contributed by atoms with Gasteiger partial charge in [0.25, 0.3) is 0 Å². The van der Waals surface area contributed by atoms with Crippen molar-refractivity contribution in [2.75, 3.05) is 34.0 Å². The molecule has 1 aromatic carbocycles. The molecule has 1 unspecified atom stereocenters. The van der Waals surface area contributed by atoms with E-state index in [0.717, 1.165) is 18.5 Å². The first-order valence-corrected chi connectivity index (χ1v) is 8.61. The van der Waals surface area contributed by atoms with E-state index >= 15 is 0 Å². The number of benzene rings is 1. The first-order chi connectivity index (χ1) is 9.27. The molecule has 5 nitrogen and oxygen atoms in total. The summed E-state index contributed by atoms with van der Waals surface area (Å²) in [5, 5.41) is 1.23. The molecular weight excluding hydrogens is 275 g/mol. The average Bonchev–Trinajstić information content (AvgIpc) is 2.77. The number of aromatic nitrogens is 1. The van der Waals surface area contributed by atoms with E-state index in [4.69, 9.17) is 4.52 Å². The fourth-order valence-corrected chi connectivity index (χ4v) is 2.62. The minimum Gasteiger partial charge on any atom is -0.361 e. The Bertz CT molecular complexity index is 630. The third kappa shape index (κ3) is 4.18. The van der Waals surface area contributed by atoms with Gasteiger partial charge in [0, 0.05) is 30.2 Å². The summed E-state index contributed by atoms with van der Waals surface area (Å²) in [6, 6.07) is 8.20. The number of fused-ring (bicyclic) bond motifs is 1. The molecule has 0 aliphatic heterocycles. The standard InChI is InChI=1S/C14H21N2O3P/c1-16(2,11-19-20(3,17)18)9-8-12-10-15-14-7-5-4-6-13(12)14/h4-7,10,15H,8-9,11H2,1-3H3/p+1. The van der Waals surface area contributed by atoms with Crippen molar-refractivity contribution in [1.29, 1.82) is 0 Å². The molecule has 0 fully saturated rings. The molecule has 20 heavy (non-hydrogen) atoms. The zero-order valence-corrected chi connectivity index (χ0v) is 13.1. The van der Waals surface area contributed by atoms with Gasteiger partial charge in [0.05, 0.1) is 20.6 Å². The van der Waals surface area contributed by atoms with E-state index < -0.39 is 7.60 Å². The van der Waals surface area contributed by atoms with Crippen molar-refractivity contribution >= 4 is 18.5 Å². The molecule has 2 rings (SSSR count). The fourth-order valence-electron chi connectivity index (χ4n) is 2.09. The molecule has 0 saturated carbocycles. The fraction of sp³-hybridized carbons (Fsp3) is 0.429. The van der Waals surface area contributed by atoms with Crippen LogP contribution in [0.3, 0.4) is 0 Å². The monoisotopic (exact) mass is 297 g/mol. The molecule has 0 bridgehead atoms. The summed E-state index contributed by atoms with van der Waals surface area (Å²) in [5.41, 5.74) is 2.40. The Hall–Kier alpha value is -1.13. The Labute approximate surface area is 119 Å². The normalized spacial score (nSPS) is 15.4. The molecule has 0 amide bonds. The summed E-state index contributed by atoms with van der Waals surface area (Å²) in [6.07, 6.45) is 2.92. The van der Waals surface area contributed by atoms with Crippen LogP contribution in [-0.2, 0) is 15.5 Å². The second-order valence-corrected chi connectivity index (χ2v) is 7.69. The lowest BCUT2D eigenvalue weighted by atomic mass is 10.1. The molecular formula is C14H22N2O3P+. The van der Waals surface area contributed by atoms with Gasteiger partial charge in [0.15, 0.2) is 6.73 Å². The third-order valence-corrected chi connectivity index (χ3v) is 3.90. The van der Waals surface area contributed by atoms with Crippen molar-refractivity contribution < 1.29 is 18.5 Å². The van der Waals surface area contributed by atoms with Crippen molar-refractivity contribution in [1.82, 2.24) is 4.98 Å². The average molecular weight is 297 g/mol. The summed E-state index contributed by atoms with van der Waals surface area (Å²) >= 11 is 0. The van der Waals surface area contributed by atoms with Gasteiger partial charge in [-0.1, -0.05) is 18.2 Å². The molecule has 1 heterocycles. The molecule has 2 N–H and O–H groups in total. The van der Waals surface area contributed by atoms with Crippen LogP contribution >= 0.6 is 7.60 Å². The molecule has 1 atom stereocenters. The van der Waals surface area contributed by atoms with Crippen LogP contribution in [0.25, 0.3) is 10.9 Å². The Balaban J connectivity index is 1.99. The van der Waals surface area contributed by atoms with Crippen molar-refractivity contribution in [3.63, 3.8) is 0 Å². The third-order valence-electron chi connectivity index (χ3n) is 3.31. The van der Waals surface area contributed by atoms with Gasteiger partial charge in [-0.15, -0.1) is 0 Å². The molecule has 2 aromatic rings. The van der Waals surface area contributed by atoms with Gasteiger partial charge in [-0.3, -0.25) is 9.09 Å². The van der Waals surface area contributed by atoms with Gasteiger partial charge in [0.2, 0.25) is 0 Å². The number of hydrogen-bond donors (Lipinski definition) is 2. The molecule has 6 heteroatoms. The first kappa shape index (κ1) is 15.3. The maximum Gasteiger partial charge on any atom is 0.329 e. The Morgan fingerprint density at radius 3 is 2.75 bits per heavy atom. The molecule has 0 radical (unpaired) electrons. The van der Waals surface area contributed by atoms with Crippen LogP contribution in [0, 0.1) is 0 Å². The first-order valence-electron chi connectivity index (χ1n) is 6.59. The van der Waals surface area contributed by atoms with Crippen LogP contribution in [0.1, 0.15) is 5.56 Å². The van der Waals surface area contributed by atoms with Gasteiger partial charge >= 0.3 is 7.60 Å². The van der Waals surface area contributed by atoms with E-state index in [1.54, 1.807) is 0 Å². The van der Waals surface area contributed by atoms with Crippen LogP contribution in [-0.4, -0.2) is 48.4 Å². The summed E-state index contributed by atoms with van der Waals surface area (Å²) in [4.78, 5) is 12.5. The number of H-pyrrole nitrogens is 1. The van der Waals surface area contributed by atoms with Gasteiger partial charge in [-0.05, 0) is 11.6 Å². The van der Waals surface area contributed by atoms with E-state index in [-0.39, 0.29) is 6.73 Å². The van der Waals surface area contributed by atoms with E-state index in [1.807, 2.05) is 32.4 Å². The van der Waals surface area contributed by atoms with Crippen LogP contribution < -0.4 is 0 Å². The van der Waals surface area contributed by atoms with Crippen molar-refractivity contribution in [2.24, 2.45) is 0 Å². The van der Waals surface area contributed by atoms with Gasteiger partial charge in [0.1, 0.15) is 0 Å². The summed E-state index contributed by atoms with van der Waals surface area (Å²) in [5.74, 6) is 0. The lowest BCUT2D eigenvalue weighted by Crippen LogP contribution is -2.42. The number of quaternary nitrogens is 1. The predicted molar refractivity (Wildman–Crippen MR) is 80.7 cm³/mol. The highest BCUT2D eigenvalue weighted by Crippen LogP contribution is 2.36. The summed E-state index contributed by atoms with van der Waals surface area (Å²) in [6.45, 7) is 2.28. The maximum absolute atomic E-state index is 11.2. The van der Waals surface area contributed by atoms with Crippen molar-refractivity contribution in [2.45, 2.75) is 6.42 Å². The lowest BCUT2D eigenvalue weighted by Gasteiger charge is -2.29. The number of rotatable bonds is 6. The smallest absolute Gasteiger partial charge is 0.329 e. The Kier molecular flexibility index (Phi) is 4.35. The van der Waals surface area contributed by atoms with Gasteiger partial charge in [-0.2, -0.15) is 0 Å². The van der Waals surface area contributed by atoms with E-state index in [1.165, 1.54) is 17.6 Å². The van der Waals surface area contributed by atoms with Crippen LogP contribution in [0.4, 0.5) is 0 Å². The minimum atomic E-state index is -3.41. The molecule has 110 valence electrons.